The van der Waals surface area contributed by atoms with E-state index in [9.17, 15) is 14.0 Å². The molecule has 0 spiro atoms. The van der Waals surface area contributed by atoms with Gasteiger partial charge in [0, 0.05) is 42.1 Å². The van der Waals surface area contributed by atoms with E-state index in [1.165, 1.54) is 23.0 Å². The summed E-state index contributed by atoms with van der Waals surface area (Å²) in [5, 5.41) is 17.4. The number of carbonyl (C=O) groups excluding carboxylic acids is 2. The van der Waals surface area contributed by atoms with Crippen LogP contribution in [0.2, 0.25) is 0 Å². The number of nitrogens with zero attached hydrogens (tertiary/aromatic N) is 4. The zero-order chi connectivity index (χ0) is 26.8. The molecule has 0 unspecified atom stereocenters. The first kappa shape index (κ1) is 25.8. The Bertz CT molecular complexity index is 1320. The average Bonchev–Trinajstić information content (AvgIpc) is 3.59. The Morgan fingerprint density at radius 1 is 1.03 bits per heavy atom. The van der Waals surface area contributed by atoms with Crippen molar-refractivity contribution in [2.24, 2.45) is 11.7 Å². The molecule has 2 aliphatic carbocycles. The van der Waals surface area contributed by atoms with Gasteiger partial charge in [0.2, 0.25) is 11.9 Å². The molecule has 3 aromatic rings. The SMILES string of the molecule is CC(C)[C@H](N)C(=O)NC1CCC(Nc2cc(NC3CC3)c3ncc(C(=O)Nc4ccnc(F)c4)n3n2)CC1. The molecule has 0 radical (unpaired) electrons. The van der Waals surface area contributed by atoms with Gasteiger partial charge >= 0.3 is 0 Å². The van der Waals surface area contributed by atoms with Gasteiger partial charge in [-0.2, -0.15) is 4.39 Å². The molecule has 38 heavy (non-hydrogen) atoms. The highest BCUT2D eigenvalue weighted by Crippen LogP contribution is 2.30. The fraction of sp³-hybridized carbons (Fsp3) is 0.500. The van der Waals surface area contributed by atoms with Crippen LogP contribution in [0, 0.1) is 11.9 Å². The summed E-state index contributed by atoms with van der Waals surface area (Å²) < 4.78 is 15.0. The molecule has 0 bridgehead atoms. The number of fused-ring (bicyclic) bond motifs is 1. The lowest BCUT2D eigenvalue weighted by molar-refractivity contribution is -0.124. The van der Waals surface area contributed by atoms with Crippen LogP contribution in [0.15, 0.2) is 30.6 Å². The van der Waals surface area contributed by atoms with E-state index >= 15 is 0 Å². The maximum absolute atomic E-state index is 13.5. The number of carbonyl (C=O) groups is 2. The van der Waals surface area contributed by atoms with Crippen LogP contribution in [0.5, 0.6) is 0 Å². The van der Waals surface area contributed by atoms with Gasteiger partial charge in [0.1, 0.15) is 5.82 Å². The lowest BCUT2D eigenvalue weighted by Gasteiger charge is -2.31. The fourth-order valence-corrected chi connectivity index (χ4v) is 4.61. The van der Waals surface area contributed by atoms with Crippen molar-refractivity contribution in [3.63, 3.8) is 0 Å². The molecule has 0 aliphatic heterocycles. The fourth-order valence-electron chi connectivity index (χ4n) is 4.61. The number of hydrogen-bond acceptors (Lipinski definition) is 8. The van der Waals surface area contributed by atoms with Gasteiger partial charge in [0.15, 0.2) is 11.3 Å². The molecule has 1 atom stereocenters. The van der Waals surface area contributed by atoms with E-state index in [-0.39, 0.29) is 29.6 Å². The Kier molecular flexibility index (Phi) is 7.41. The Morgan fingerprint density at radius 2 is 1.71 bits per heavy atom. The van der Waals surface area contributed by atoms with Crippen LogP contribution >= 0.6 is 0 Å². The summed E-state index contributed by atoms with van der Waals surface area (Å²) >= 11 is 0. The third-order valence-electron chi connectivity index (χ3n) is 7.07. The Morgan fingerprint density at radius 3 is 2.39 bits per heavy atom. The molecule has 0 saturated heterocycles. The van der Waals surface area contributed by atoms with Crippen molar-refractivity contribution < 1.29 is 14.0 Å². The van der Waals surface area contributed by atoms with Gasteiger partial charge in [0.05, 0.1) is 17.9 Å². The number of imidazole rings is 1. The Hall–Kier alpha value is -3.80. The number of halogens is 1. The summed E-state index contributed by atoms with van der Waals surface area (Å²) in [6.07, 6.45) is 8.30. The summed E-state index contributed by atoms with van der Waals surface area (Å²) in [6, 6.07) is 4.74. The Balaban J connectivity index is 1.30. The standard InChI is InChI=1S/C26H34FN9O2/c1-14(2)23(28)26(38)33-17-7-5-16(6-8-17)32-22-12-19(31-15-3-4-15)24-30-13-20(36(24)35-22)25(37)34-18-9-10-29-21(27)11-18/h9-17,23,31H,3-8,28H2,1-2H3,(H,32,35)(H,33,38)(H,29,34,37)/t16?,17?,23-/m0/s1. The number of amides is 2. The van der Waals surface area contributed by atoms with Crippen LogP contribution in [0.1, 0.15) is 62.9 Å². The summed E-state index contributed by atoms with van der Waals surface area (Å²) in [6.45, 7) is 3.88. The quantitative estimate of drug-likeness (QED) is 0.269. The van der Waals surface area contributed by atoms with Crippen molar-refractivity contribution in [1.82, 2.24) is 24.9 Å². The number of anilines is 3. The lowest BCUT2D eigenvalue weighted by atomic mass is 9.90. The molecule has 0 aromatic carbocycles. The van der Waals surface area contributed by atoms with Crippen LogP contribution in [0.3, 0.4) is 0 Å². The molecule has 6 N–H and O–H groups in total. The summed E-state index contributed by atoms with van der Waals surface area (Å²) in [4.78, 5) is 33.3. The zero-order valence-electron chi connectivity index (χ0n) is 21.6. The molecule has 202 valence electrons. The molecule has 2 saturated carbocycles. The smallest absolute Gasteiger partial charge is 0.276 e. The largest absolute Gasteiger partial charge is 0.379 e. The summed E-state index contributed by atoms with van der Waals surface area (Å²) in [5.74, 6) is -0.523. The number of nitrogens with two attached hydrogens (primary N) is 1. The first-order chi connectivity index (χ1) is 18.3. The minimum atomic E-state index is -0.682. The van der Waals surface area contributed by atoms with Crippen molar-refractivity contribution in [3.8, 4) is 0 Å². The third kappa shape index (κ3) is 6.01. The maximum Gasteiger partial charge on any atom is 0.276 e. The maximum atomic E-state index is 13.5. The first-order valence-electron chi connectivity index (χ1n) is 13.2. The number of rotatable bonds is 9. The summed E-state index contributed by atoms with van der Waals surface area (Å²) in [5.41, 5.74) is 7.84. The second-order valence-corrected chi connectivity index (χ2v) is 10.5. The normalized spacial score (nSPS) is 20.2. The number of nitrogens with one attached hydrogen (secondary N) is 4. The molecular weight excluding hydrogens is 489 g/mol. The molecule has 3 heterocycles. The van der Waals surface area contributed by atoms with Crippen LogP contribution in [0.4, 0.5) is 21.6 Å². The monoisotopic (exact) mass is 523 g/mol. The van der Waals surface area contributed by atoms with Gasteiger partial charge in [-0.1, -0.05) is 13.8 Å². The highest BCUT2D eigenvalue weighted by molar-refractivity contribution is 6.03. The predicted octanol–water partition coefficient (Wildman–Crippen LogP) is 2.91. The van der Waals surface area contributed by atoms with E-state index in [1.807, 2.05) is 19.9 Å². The van der Waals surface area contributed by atoms with Crippen molar-refractivity contribution in [1.29, 1.82) is 0 Å². The first-order valence-corrected chi connectivity index (χ1v) is 13.2. The van der Waals surface area contributed by atoms with E-state index in [0.29, 0.717) is 23.2 Å². The second kappa shape index (κ2) is 10.9. The van der Waals surface area contributed by atoms with E-state index < -0.39 is 17.9 Å². The van der Waals surface area contributed by atoms with Gasteiger partial charge in [-0.05, 0) is 50.5 Å². The van der Waals surface area contributed by atoms with E-state index in [4.69, 9.17) is 5.73 Å². The van der Waals surface area contributed by atoms with Gasteiger partial charge < -0.3 is 27.0 Å². The predicted molar refractivity (Wildman–Crippen MR) is 142 cm³/mol. The molecule has 2 amide bonds. The third-order valence-corrected chi connectivity index (χ3v) is 7.07. The van der Waals surface area contributed by atoms with E-state index in [2.05, 4.69) is 36.3 Å². The van der Waals surface area contributed by atoms with Gasteiger partial charge in [-0.25, -0.2) is 14.5 Å². The minimum Gasteiger partial charge on any atom is -0.379 e. The zero-order valence-corrected chi connectivity index (χ0v) is 21.6. The van der Waals surface area contributed by atoms with E-state index in [1.54, 1.807) is 0 Å². The Labute approximate surface area is 220 Å². The molecular formula is C26H34FN9O2. The van der Waals surface area contributed by atoms with Crippen LogP contribution < -0.4 is 27.0 Å². The number of pyridine rings is 1. The van der Waals surface area contributed by atoms with Crippen LogP contribution in [0.25, 0.3) is 5.65 Å². The van der Waals surface area contributed by atoms with Crippen molar-refractivity contribution in [3.05, 3.63) is 42.2 Å². The lowest BCUT2D eigenvalue weighted by Crippen LogP contribution is -2.49. The van der Waals surface area contributed by atoms with Crippen molar-refractivity contribution >= 4 is 34.7 Å². The molecule has 2 aliphatic rings. The topological polar surface area (TPSA) is 151 Å². The molecule has 3 aromatic heterocycles. The highest BCUT2D eigenvalue weighted by Gasteiger charge is 2.27. The summed E-state index contributed by atoms with van der Waals surface area (Å²) in [7, 11) is 0. The molecule has 5 rings (SSSR count). The van der Waals surface area contributed by atoms with Crippen molar-refractivity contribution in [2.45, 2.75) is 76.5 Å². The van der Waals surface area contributed by atoms with Gasteiger partial charge in [-0.15, -0.1) is 5.10 Å². The molecule has 11 nitrogen and oxygen atoms in total. The second-order valence-electron chi connectivity index (χ2n) is 10.5. The van der Waals surface area contributed by atoms with E-state index in [0.717, 1.165) is 50.3 Å². The average molecular weight is 524 g/mol. The van der Waals surface area contributed by atoms with Gasteiger partial charge in [0.25, 0.3) is 5.91 Å². The molecule has 2 fully saturated rings. The number of aromatic nitrogens is 4. The highest BCUT2D eigenvalue weighted by atomic mass is 19.1. The van der Waals surface area contributed by atoms with Gasteiger partial charge in [-0.3, -0.25) is 9.59 Å². The molecule has 12 heteroatoms. The van der Waals surface area contributed by atoms with Crippen LogP contribution in [-0.2, 0) is 4.79 Å². The number of hydrogen-bond donors (Lipinski definition) is 5. The minimum absolute atomic E-state index is 0.0912. The van der Waals surface area contributed by atoms with Crippen molar-refractivity contribution in [2.75, 3.05) is 16.0 Å². The van der Waals surface area contributed by atoms with Crippen LogP contribution in [-0.4, -0.2) is 55.6 Å².